The molecule has 3 heteroatoms. The van der Waals surface area contributed by atoms with Gasteiger partial charge in [0.15, 0.2) is 0 Å². The predicted octanol–water partition coefficient (Wildman–Crippen LogP) is 2.95. The van der Waals surface area contributed by atoms with E-state index in [1.807, 2.05) is 6.07 Å². The van der Waals surface area contributed by atoms with Gasteiger partial charge in [0.1, 0.15) is 5.75 Å². The summed E-state index contributed by atoms with van der Waals surface area (Å²) >= 11 is 0. The van der Waals surface area contributed by atoms with Gasteiger partial charge in [-0.25, -0.2) is 0 Å². The van der Waals surface area contributed by atoms with E-state index in [0.717, 1.165) is 5.75 Å². The third kappa shape index (κ3) is 3.39. The van der Waals surface area contributed by atoms with Gasteiger partial charge < -0.3 is 15.4 Å². The van der Waals surface area contributed by atoms with Crippen LogP contribution < -0.4 is 15.4 Å². The van der Waals surface area contributed by atoms with Crippen LogP contribution in [0.1, 0.15) is 31.7 Å². The highest BCUT2D eigenvalue weighted by molar-refractivity contribution is 5.54. The summed E-state index contributed by atoms with van der Waals surface area (Å²) in [6, 6.07) is 7.37. The highest BCUT2D eigenvalue weighted by atomic mass is 16.5. The van der Waals surface area contributed by atoms with E-state index in [0.29, 0.717) is 12.1 Å². The largest absolute Gasteiger partial charge is 0.497 e. The lowest BCUT2D eigenvalue weighted by Gasteiger charge is -2.20. The smallest absolute Gasteiger partial charge is 0.119 e. The van der Waals surface area contributed by atoms with Crippen molar-refractivity contribution >= 4 is 5.69 Å². The highest BCUT2D eigenvalue weighted by Crippen LogP contribution is 2.22. The quantitative estimate of drug-likeness (QED) is 0.840. The monoisotopic (exact) mass is 248 g/mol. The second-order valence-corrected chi connectivity index (χ2v) is 5.26. The molecule has 0 aromatic heterocycles. The van der Waals surface area contributed by atoms with Gasteiger partial charge in [0.25, 0.3) is 0 Å². The lowest BCUT2D eigenvalue weighted by Crippen LogP contribution is -2.29. The van der Waals surface area contributed by atoms with Crippen LogP contribution in [-0.4, -0.2) is 25.7 Å². The van der Waals surface area contributed by atoms with Crippen LogP contribution in [0.4, 0.5) is 5.69 Å². The Hall–Kier alpha value is -1.22. The normalized spacial score (nSPS) is 20.7. The van der Waals surface area contributed by atoms with Crippen LogP contribution in [0.15, 0.2) is 18.2 Å². The summed E-state index contributed by atoms with van der Waals surface area (Å²) in [6.07, 6.45) is 3.82. The Bertz CT molecular complexity index is 386. The SMILES string of the molecule is COc1ccc(NC(C)CC2CCCN2)c(C)c1. The first-order valence-electron chi connectivity index (χ1n) is 6.83. The molecule has 0 saturated carbocycles. The summed E-state index contributed by atoms with van der Waals surface area (Å²) in [5.41, 5.74) is 2.45. The number of methoxy groups -OCH3 is 1. The minimum atomic E-state index is 0.493. The Kier molecular flexibility index (Phi) is 4.48. The number of hydrogen-bond acceptors (Lipinski definition) is 3. The first-order chi connectivity index (χ1) is 8.69. The number of aryl methyl sites for hydroxylation is 1. The first-order valence-corrected chi connectivity index (χ1v) is 6.83. The fourth-order valence-electron chi connectivity index (χ4n) is 2.63. The summed E-state index contributed by atoms with van der Waals surface area (Å²) in [7, 11) is 1.70. The Labute approximate surface area is 110 Å². The van der Waals surface area contributed by atoms with Crippen LogP contribution in [0.25, 0.3) is 0 Å². The van der Waals surface area contributed by atoms with Crippen LogP contribution in [-0.2, 0) is 0 Å². The molecule has 2 rings (SSSR count). The van der Waals surface area contributed by atoms with Crippen molar-refractivity contribution in [3.8, 4) is 5.75 Å². The van der Waals surface area contributed by atoms with E-state index >= 15 is 0 Å². The van der Waals surface area contributed by atoms with Crippen LogP contribution in [0, 0.1) is 6.92 Å². The van der Waals surface area contributed by atoms with E-state index in [1.165, 1.54) is 37.1 Å². The molecule has 18 heavy (non-hydrogen) atoms. The molecule has 2 N–H and O–H groups in total. The van der Waals surface area contributed by atoms with Gasteiger partial charge in [0, 0.05) is 17.8 Å². The molecule has 1 saturated heterocycles. The molecular formula is C15H24N2O. The number of nitrogens with one attached hydrogen (secondary N) is 2. The standard InChI is InChI=1S/C15H24N2O/c1-11-9-14(18-3)6-7-15(11)17-12(2)10-13-5-4-8-16-13/h6-7,9,12-13,16-17H,4-5,8,10H2,1-3H3. The zero-order chi connectivity index (χ0) is 13.0. The van der Waals surface area contributed by atoms with Crippen molar-refractivity contribution in [2.45, 2.75) is 45.2 Å². The van der Waals surface area contributed by atoms with Gasteiger partial charge in [-0.3, -0.25) is 0 Å². The lowest BCUT2D eigenvalue weighted by molar-refractivity contribution is 0.414. The highest BCUT2D eigenvalue weighted by Gasteiger charge is 2.17. The van der Waals surface area contributed by atoms with Crippen LogP contribution in [0.3, 0.4) is 0 Å². The third-order valence-corrected chi connectivity index (χ3v) is 3.64. The molecule has 100 valence electrons. The second kappa shape index (κ2) is 6.10. The number of hydrogen-bond donors (Lipinski definition) is 2. The molecule has 1 aliphatic heterocycles. The van der Waals surface area contributed by atoms with Gasteiger partial charge in [-0.1, -0.05) is 0 Å². The van der Waals surface area contributed by atoms with Gasteiger partial charge in [-0.15, -0.1) is 0 Å². The molecule has 1 heterocycles. The van der Waals surface area contributed by atoms with Gasteiger partial charge >= 0.3 is 0 Å². The van der Waals surface area contributed by atoms with Crippen molar-refractivity contribution in [2.24, 2.45) is 0 Å². The Morgan fingerprint density at radius 2 is 2.33 bits per heavy atom. The minimum Gasteiger partial charge on any atom is -0.497 e. The number of anilines is 1. The second-order valence-electron chi connectivity index (χ2n) is 5.26. The molecule has 0 aliphatic carbocycles. The summed E-state index contributed by atoms with van der Waals surface area (Å²) in [5.74, 6) is 0.920. The van der Waals surface area contributed by atoms with Crippen LogP contribution in [0.2, 0.25) is 0 Å². The van der Waals surface area contributed by atoms with E-state index < -0.39 is 0 Å². The Morgan fingerprint density at radius 3 is 2.94 bits per heavy atom. The molecule has 0 bridgehead atoms. The first kappa shape index (κ1) is 13.2. The van der Waals surface area contributed by atoms with Gasteiger partial charge in [0.2, 0.25) is 0 Å². The fraction of sp³-hybridized carbons (Fsp3) is 0.600. The van der Waals surface area contributed by atoms with Crippen molar-refractivity contribution in [3.05, 3.63) is 23.8 Å². The molecule has 1 fully saturated rings. The Morgan fingerprint density at radius 1 is 1.50 bits per heavy atom. The molecular weight excluding hydrogens is 224 g/mol. The summed E-state index contributed by atoms with van der Waals surface area (Å²) in [5, 5.41) is 7.14. The molecule has 1 aliphatic rings. The van der Waals surface area contributed by atoms with Gasteiger partial charge in [-0.2, -0.15) is 0 Å². The molecule has 2 atom stereocenters. The van der Waals surface area contributed by atoms with E-state index in [9.17, 15) is 0 Å². The minimum absolute atomic E-state index is 0.493. The van der Waals surface area contributed by atoms with E-state index in [-0.39, 0.29) is 0 Å². The van der Waals surface area contributed by atoms with Crippen molar-refractivity contribution in [1.29, 1.82) is 0 Å². The summed E-state index contributed by atoms with van der Waals surface area (Å²) < 4.78 is 5.22. The van der Waals surface area contributed by atoms with Crippen molar-refractivity contribution < 1.29 is 4.74 Å². The van der Waals surface area contributed by atoms with Crippen molar-refractivity contribution in [3.63, 3.8) is 0 Å². The zero-order valence-electron chi connectivity index (χ0n) is 11.6. The van der Waals surface area contributed by atoms with E-state index in [1.54, 1.807) is 7.11 Å². The Balaban J connectivity index is 1.91. The number of ether oxygens (including phenoxy) is 1. The van der Waals surface area contributed by atoms with Gasteiger partial charge in [0.05, 0.1) is 7.11 Å². The predicted molar refractivity (Wildman–Crippen MR) is 76.5 cm³/mol. The summed E-state index contributed by atoms with van der Waals surface area (Å²) in [4.78, 5) is 0. The number of benzene rings is 1. The van der Waals surface area contributed by atoms with Crippen LogP contribution >= 0.6 is 0 Å². The molecule has 0 amide bonds. The average Bonchev–Trinajstić information content (AvgIpc) is 2.84. The topological polar surface area (TPSA) is 33.3 Å². The molecule has 2 unspecified atom stereocenters. The summed E-state index contributed by atoms with van der Waals surface area (Å²) in [6.45, 7) is 5.55. The molecule has 1 aromatic rings. The maximum atomic E-state index is 5.22. The molecule has 0 spiro atoms. The van der Waals surface area contributed by atoms with Crippen LogP contribution in [0.5, 0.6) is 5.75 Å². The molecule has 0 radical (unpaired) electrons. The molecule has 1 aromatic carbocycles. The van der Waals surface area contributed by atoms with E-state index in [2.05, 4.69) is 36.6 Å². The average molecular weight is 248 g/mol. The fourth-order valence-corrected chi connectivity index (χ4v) is 2.63. The van der Waals surface area contributed by atoms with Crippen molar-refractivity contribution in [2.75, 3.05) is 19.0 Å². The molecule has 3 nitrogen and oxygen atoms in total. The lowest BCUT2D eigenvalue weighted by atomic mass is 10.1. The maximum absolute atomic E-state index is 5.22. The number of rotatable bonds is 5. The maximum Gasteiger partial charge on any atom is 0.119 e. The van der Waals surface area contributed by atoms with Crippen molar-refractivity contribution in [1.82, 2.24) is 5.32 Å². The van der Waals surface area contributed by atoms with E-state index in [4.69, 9.17) is 4.74 Å². The third-order valence-electron chi connectivity index (χ3n) is 3.64. The zero-order valence-corrected chi connectivity index (χ0v) is 11.6. The van der Waals surface area contributed by atoms with Gasteiger partial charge in [-0.05, 0) is 63.4 Å².